The first-order chi connectivity index (χ1) is 9.96. The standard InChI is InChI=1S/C14H14Cl3N3O/c1-7-4-11(12(21-3)6-8(7)15)19-14-10(17)5-9(16)13(18-2)20-14/h4-6H,1-3H3,(H2,18,19,20). The lowest BCUT2D eigenvalue weighted by Crippen LogP contribution is -2.01. The van der Waals surface area contributed by atoms with Crippen LogP contribution >= 0.6 is 34.8 Å². The summed E-state index contributed by atoms with van der Waals surface area (Å²) in [6.45, 7) is 1.91. The third kappa shape index (κ3) is 3.46. The maximum Gasteiger partial charge on any atom is 0.151 e. The van der Waals surface area contributed by atoms with E-state index >= 15 is 0 Å². The molecule has 2 rings (SSSR count). The molecule has 112 valence electrons. The Morgan fingerprint density at radius 3 is 2.29 bits per heavy atom. The summed E-state index contributed by atoms with van der Waals surface area (Å²) in [7, 11) is 3.31. The SMILES string of the molecule is CNc1nc(Nc2cc(C)c(Cl)cc2OC)c(Cl)cc1Cl. The second kappa shape index (κ2) is 6.60. The Morgan fingerprint density at radius 2 is 1.67 bits per heavy atom. The van der Waals surface area contributed by atoms with Crippen LogP contribution in [0.2, 0.25) is 15.1 Å². The highest BCUT2D eigenvalue weighted by Crippen LogP contribution is 2.36. The van der Waals surface area contributed by atoms with Crippen LogP contribution in [0.15, 0.2) is 18.2 Å². The number of rotatable bonds is 4. The first-order valence-electron chi connectivity index (χ1n) is 6.11. The van der Waals surface area contributed by atoms with Crippen molar-refractivity contribution < 1.29 is 4.74 Å². The van der Waals surface area contributed by atoms with Gasteiger partial charge in [-0.25, -0.2) is 4.98 Å². The van der Waals surface area contributed by atoms with E-state index in [0.29, 0.717) is 32.5 Å². The van der Waals surface area contributed by atoms with Gasteiger partial charge in [-0.3, -0.25) is 0 Å². The molecule has 0 radical (unpaired) electrons. The van der Waals surface area contributed by atoms with Gasteiger partial charge in [0.1, 0.15) is 11.6 Å². The maximum absolute atomic E-state index is 6.17. The third-order valence-electron chi connectivity index (χ3n) is 2.90. The number of hydrogen-bond donors (Lipinski definition) is 2. The molecule has 0 aliphatic rings. The van der Waals surface area contributed by atoms with E-state index in [1.165, 1.54) is 0 Å². The molecule has 2 aromatic rings. The summed E-state index contributed by atoms with van der Waals surface area (Å²) in [6.07, 6.45) is 0. The number of anilines is 3. The first kappa shape index (κ1) is 16.0. The summed E-state index contributed by atoms with van der Waals surface area (Å²) in [5.74, 6) is 1.61. The molecule has 21 heavy (non-hydrogen) atoms. The fourth-order valence-electron chi connectivity index (χ4n) is 1.79. The quantitative estimate of drug-likeness (QED) is 0.804. The highest BCUT2D eigenvalue weighted by molar-refractivity contribution is 6.37. The van der Waals surface area contributed by atoms with Crippen molar-refractivity contribution in [3.05, 3.63) is 38.8 Å². The van der Waals surface area contributed by atoms with Crippen molar-refractivity contribution in [3.63, 3.8) is 0 Å². The maximum atomic E-state index is 6.17. The molecule has 0 saturated heterocycles. The van der Waals surface area contributed by atoms with Gasteiger partial charge in [0.05, 0.1) is 22.8 Å². The number of aryl methyl sites for hydroxylation is 1. The van der Waals surface area contributed by atoms with Crippen LogP contribution in [-0.4, -0.2) is 19.1 Å². The number of methoxy groups -OCH3 is 1. The topological polar surface area (TPSA) is 46.2 Å². The fourth-order valence-corrected chi connectivity index (χ4v) is 2.44. The van der Waals surface area contributed by atoms with Crippen LogP contribution in [0.3, 0.4) is 0 Å². The van der Waals surface area contributed by atoms with Crippen LogP contribution in [0.25, 0.3) is 0 Å². The Bertz CT molecular complexity index is 677. The van der Waals surface area contributed by atoms with E-state index in [2.05, 4.69) is 15.6 Å². The minimum atomic E-state index is 0.411. The number of benzene rings is 1. The van der Waals surface area contributed by atoms with E-state index in [9.17, 15) is 0 Å². The molecular formula is C14H14Cl3N3O. The van der Waals surface area contributed by atoms with Crippen molar-refractivity contribution in [3.8, 4) is 5.75 Å². The Balaban J connectivity index is 2.45. The zero-order valence-corrected chi connectivity index (χ0v) is 14.0. The van der Waals surface area contributed by atoms with E-state index in [1.807, 2.05) is 13.0 Å². The van der Waals surface area contributed by atoms with E-state index in [0.717, 1.165) is 11.3 Å². The predicted molar refractivity (Wildman–Crippen MR) is 89.8 cm³/mol. The predicted octanol–water partition coefficient (Wildman–Crippen LogP) is 5.14. The van der Waals surface area contributed by atoms with Gasteiger partial charge in [0.15, 0.2) is 5.82 Å². The number of nitrogens with zero attached hydrogens (tertiary/aromatic N) is 1. The average Bonchev–Trinajstić information content (AvgIpc) is 2.45. The molecule has 0 aliphatic carbocycles. The van der Waals surface area contributed by atoms with Gasteiger partial charge in [-0.05, 0) is 24.6 Å². The van der Waals surface area contributed by atoms with E-state index in [4.69, 9.17) is 39.5 Å². The van der Waals surface area contributed by atoms with Crippen molar-refractivity contribution in [2.75, 3.05) is 24.8 Å². The smallest absolute Gasteiger partial charge is 0.151 e. The first-order valence-corrected chi connectivity index (χ1v) is 7.24. The van der Waals surface area contributed by atoms with Crippen molar-refractivity contribution in [1.82, 2.24) is 4.98 Å². The number of hydrogen-bond acceptors (Lipinski definition) is 4. The summed E-state index contributed by atoms with van der Waals surface area (Å²) in [6, 6.07) is 5.23. The lowest BCUT2D eigenvalue weighted by Gasteiger charge is -2.14. The number of halogens is 3. The zero-order chi connectivity index (χ0) is 15.6. The number of ether oxygens (including phenoxy) is 1. The average molecular weight is 347 g/mol. The van der Waals surface area contributed by atoms with Gasteiger partial charge in [-0.2, -0.15) is 0 Å². The summed E-state index contributed by atoms with van der Waals surface area (Å²) in [5.41, 5.74) is 1.64. The van der Waals surface area contributed by atoms with E-state index in [-0.39, 0.29) is 0 Å². The van der Waals surface area contributed by atoms with E-state index < -0.39 is 0 Å². The number of aromatic nitrogens is 1. The third-order valence-corrected chi connectivity index (χ3v) is 3.88. The summed E-state index contributed by atoms with van der Waals surface area (Å²) in [5, 5.41) is 7.53. The van der Waals surface area contributed by atoms with Crippen LogP contribution in [-0.2, 0) is 0 Å². The van der Waals surface area contributed by atoms with Crippen molar-refractivity contribution in [1.29, 1.82) is 0 Å². The molecule has 0 fully saturated rings. The van der Waals surface area contributed by atoms with Crippen LogP contribution in [0.5, 0.6) is 5.75 Å². The second-order valence-electron chi connectivity index (χ2n) is 4.33. The molecule has 7 heteroatoms. The molecule has 1 aromatic carbocycles. The molecular weight excluding hydrogens is 333 g/mol. The summed E-state index contributed by atoms with van der Waals surface area (Å²) < 4.78 is 5.31. The highest BCUT2D eigenvalue weighted by Gasteiger charge is 2.12. The largest absolute Gasteiger partial charge is 0.495 e. The molecule has 0 bridgehead atoms. The molecule has 1 aromatic heterocycles. The van der Waals surface area contributed by atoms with Crippen molar-refractivity contribution in [2.45, 2.75) is 6.92 Å². The molecule has 0 aliphatic heterocycles. The number of pyridine rings is 1. The number of nitrogens with one attached hydrogen (secondary N) is 2. The van der Waals surface area contributed by atoms with Crippen molar-refractivity contribution in [2.24, 2.45) is 0 Å². The van der Waals surface area contributed by atoms with Gasteiger partial charge in [-0.1, -0.05) is 34.8 Å². The van der Waals surface area contributed by atoms with Gasteiger partial charge >= 0.3 is 0 Å². The van der Waals surface area contributed by atoms with Gasteiger partial charge in [-0.15, -0.1) is 0 Å². The second-order valence-corrected chi connectivity index (χ2v) is 5.55. The minimum absolute atomic E-state index is 0.411. The van der Waals surface area contributed by atoms with Gasteiger partial charge in [0.2, 0.25) is 0 Å². The van der Waals surface area contributed by atoms with Crippen molar-refractivity contribution >= 4 is 52.1 Å². The normalized spacial score (nSPS) is 10.4. The molecule has 4 nitrogen and oxygen atoms in total. The molecule has 0 spiro atoms. The highest BCUT2D eigenvalue weighted by atomic mass is 35.5. The van der Waals surface area contributed by atoms with E-state index in [1.54, 1.807) is 26.3 Å². The zero-order valence-electron chi connectivity index (χ0n) is 11.7. The molecule has 0 saturated carbocycles. The summed E-state index contributed by atoms with van der Waals surface area (Å²) >= 11 is 18.3. The van der Waals surface area contributed by atoms with Gasteiger partial charge in [0, 0.05) is 18.1 Å². The molecule has 1 heterocycles. The molecule has 2 N–H and O–H groups in total. The van der Waals surface area contributed by atoms with Gasteiger partial charge < -0.3 is 15.4 Å². The Kier molecular flexibility index (Phi) is 5.04. The van der Waals surface area contributed by atoms with Crippen LogP contribution in [0.1, 0.15) is 5.56 Å². The fraction of sp³-hybridized carbons (Fsp3) is 0.214. The molecule has 0 amide bonds. The monoisotopic (exact) mass is 345 g/mol. The Morgan fingerprint density at radius 1 is 1.00 bits per heavy atom. The minimum Gasteiger partial charge on any atom is -0.495 e. The van der Waals surface area contributed by atoms with Crippen LogP contribution in [0, 0.1) is 6.92 Å². The Hall–Kier alpha value is -1.36. The van der Waals surface area contributed by atoms with Gasteiger partial charge in [0.25, 0.3) is 0 Å². The molecule has 0 unspecified atom stereocenters. The van der Waals surface area contributed by atoms with Crippen LogP contribution in [0.4, 0.5) is 17.3 Å². The summed E-state index contributed by atoms with van der Waals surface area (Å²) in [4.78, 5) is 4.34. The lowest BCUT2D eigenvalue weighted by atomic mass is 10.2. The Labute approximate surface area is 138 Å². The molecule has 0 atom stereocenters. The lowest BCUT2D eigenvalue weighted by molar-refractivity contribution is 0.416. The van der Waals surface area contributed by atoms with Crippen LogP contribution < -0.4 is 15.4 Å².